The van der Waals surface area contributed by atoms with Crippen molar-refractivity contribution in [1.82, 2.24) is 19.3 Å². The van der Waals surface area contributed by atoms with Gasteiger partial charge in [-0.05, 0) is 26.9 Å². The second-order valence-electron chi connectivity index (χ2n) is 2.66. The van der Waals surface area contributed by atoms with E-state index in [1.54, 1.807) is 6.20 Å². The van der Waals surface area contributed by atoms with Crippen molar-refractivity contribution in [3.8, 4) is 0 Å². The predicted octanol–water partition coefficient (Wildman–Crippen LogP) is 0.0751. The minimum atomic E-state index is 0.924. The Labute approximate surface area is 71.7 Å². The Kier molecular flexibility index (Phi) is 2.90. The first-order valence-electron chi connectivity index (χ1n) is 3.43. The van der Waals surface area contributed by atoms with Gasteiger partial charge in [-0.25, -0.2) is 0 Å². The van der Waals surface area contributed by atoms with Crippen molar-refractivity contribution < 1.29 is 0 Å². The minimum Gasteiger partial charge on any atom is -0.309 e. The summed E-state index contributed by atoms with van der Waals surface area (Å²) in [5, 5.41) is 7.87. The van der Waals surface area contributed by atoms with Crippen molar-refractivity contribution >= 4 is 12.8 Å². The highest BCUT2D eigenvalue weighted by atomic mass is 32.1. The number of nitrogens with zero attached hydrogens (tertiary/aromatic N) is 4. The molecule has 0 aliphatic carbocycles. The average Bonchev–Trinajstić information content (AvgIpc) is 2.31. The molecule has 0 aliphatic heterocycles. The van der Waals surface area contributed by atoms with E-state index < -0.39 is 0 Å². The largest absolute Gasteiger partial charge is 0.309 e. The van der Waals surface area contributed by atoms with Crippen molar-refractivity contribution in [1.29, 1.82) is 0 Å². The number of rotatable bonds is 3. The lowest BCUT2D eigenvalue weighted by Gasteiger charge is -2.05. The van der Waals surface area contributed by atoms with Crippen molar-refractivity contribution in [2.24, 2.45) is 0 Å². The fourth-order valence-electron chi connectivity index (χ4n) is 0.738. The van der Waals surface area contributed by atoms with Gasteiger partial charge in [0.1, 0.15) is 0 Å². The van der Waals surface area contributed by atoms with Crippen LogP contribution in [-0.2, 0) is 6.42 Å². The van der Waals surface area contributed by atoms with Crippen molar-refractivity contribution in [2.75, 3.05) is 20.6 Å². The van der Waals surface area contributed by atoms with Crippen LogP contribution in [0.2, 0.25) is 0 Å². The summed E-state index contributed by atoms with van der Waals surface area (Å²) in [7, 11) is 4.07. The molecule has 0 radical (unpaired) electrons. The van der Waals surface area contributed by atoms with E-state index in [4.69, 9.17) is 0 Å². The summed E-state index contributed by atoms with van der Waals surface area (Å²) in [6, 6.07) is 0. The maximum absolute atomic E-state index is 4.03. The molecular weight excluding hydrogens is 160 g/mol. The second kappa shape index (κ2) is 3.73. The van der Waals surface area contributed by atoms with Crippen LogP contribution < -0.4 is 0 Å². The van der Waals surface area contributed by atoms with Crippen molar-refractivity contribution in [2.45, 2.75) is 6.42 Å². The monoisotopic (exact) mass is 172 g/mol. The van der Waals surface area contributed by atoms with Crippen LogP contribution >= 0.6 is 12.8 Å². The van der Waals surface area contributed by atoms with E-state index in [9.17, 15) is 0 Å². The SMILES string of the molecule is CN(C)CCc1cnn(S)n1. The van der Waals surface area contributed by atoms with E-state index in [-0.39, 0.29) is 0 Å². The molecule has 0 atom stereocenters. The number of thiol groups is 1. The summed E-state index contributed by atoms with van der Waals surface area (Å²) in [5.74, 6) is 0. The first-order valence-corrected chi connectivity index (χ1v) is 3.83. The molecule has 0 aromatic carbocycles. The Hall–Kier alpha value is -0.550. The van der Waals surface area contributed by atoms with Gasteiger partial charge in [0.15, 0.2) is 0 Å². The normalized spacial score (nSPS) is 10.9. The molecule has 62 valence electrons. The van der Waals surface area contributed by atoms with E-state index in [0.717, 1.165) is 18.7 Å². The minimum absolute atomic E-state index is 0.924. The number of hydrogen-bond donors (Lipinski definition) is 1. The van der Waals surface area contributed by atoms with Gasteiger partial charge < -0.3 is 4.90 Å². The highest BCUT2D eigenvalue weighted by Gasteiger charge is 1.98. The summed E-state index contributed by atoms with van der Waals surface area (Å²) in [6.07, 6.45) is 2.66. The van der Waals surface area contributed by atoms with Gasteiger partial charge in [-0.2, -0.15) is 5.10 Å². The molecule has 0 bridgehead atoms. The van der Waals surface area contributed by atoms with Crippen LogP contribution in [0.1, 0.15) is 5.69 Å². The molecule has 5 heteroatoms. The molecule has 4 nitrogen and oxygen atoms in total. The van der Waals surface area contributed by atoms with E-state index in [1.807, 2.05) is 14.1 Å². The Bertz CT molecular complexity index is 220. The summed E-state index contributed by atoms with van der Waals surface area (Å²) >= 11 is 3.93. The molecule has 0 spiro atoms. The Balaban J connectivity index is 2.39. The van der Waals surface area contributed by atoms with Crippen LogP contribution in [0.15, 0.2) is 6.20 Å². The molecule has 1 rings (SSSR count). The second-order valence-corrected chi connectivity index (χ2v) is 3.02. The van der Waals surface area contributed by atoms with Crippen LogP contribution in [0.3, 0.4) is 0 Å². The van der Waals surface area contributed by atoms with Crippen LogP contribution in [-0.4, -0.2) is 39.9 Å². The molecule has 1 aromatic rings. The van der Waals surface area contributed by atoms with Crippen molar-refractivity contribution in [3.05, 3.63) is 11.9 Å². The zero-order valence-corrected chi connectivity index (χ0v) is 7.62. The fourth-order valence-corrected chi connectivity index (χ4v) is 0.904. The summed E-state index contributed by atoms with van der Waals surface area (Å²) in [6.45, 7) is 0.993. The number of hydrogen-bond acceptors (Lipinski definition) is 4. The first-order chi connectivity index (χ1) is 5.18. The predicted molar refractivity (Wildman–Crippen MR) is 46.7 cm³/mol. The summed E-state index contributed by atoms with van der Waals surface area (Å²) in [5.41, 5.74) is 0.980. The zero-order chi connectivity index (χ0) is 8.27. The van der Waals surface area contributed by atoms with Crippen molar-refractivity contribution in [3.63, 3.8) is 0 Å². The van der Waals surface area contributed by atoms with E-state index in [0.29, 0.717) is 0 Å². The average molecular weight is 172 g/mol. The maximum atomic E-state index is 4.03. The first kappa shape index (κ1) is 8.55. The quantitative estimate of drug-likeness (QED) is 0.655. The third-order valence-electron chi connectivity index (χ3n) is 1.34. The van der Waals surface area contributed by atoms with Crippen LogP contribution in [0, 0.1) is 0 Å². The number of aromatic nitrogens is 3. The molecule has 0 amide bonds. The van der Waals surface area contributed by atoms with Crippen LogP contribution in [0.5, 0.6) is 0 Å². The lowest BCUT2D eigenvalue weighted by atomic mass is 10.3. The van der Waals surface area contributed by atoms with Crippen LogP contribution in [0.25, 0.3) is 0 Å². The fraction of sp³-hybridized carbons (Fsp3) is 0.667. The summed E-state index contributed by atoms with van der Waals surface area (Å²) in [4.78, 5) is 2.11. The topological polar surface area (TPSA) is 34.0 Å². The molecule has 0 saturated heterocycles. The van der Waals surface area contributed by atoms with Gasteiger partial charge >= 0.3 is 0 Å². The van der Waals surface area contributed by atoms with Crippen LogP contribution in [0.4, 0.5) is 0 Å². The highest BCUT2D eigenvalue weighted by molar-refractivity contribution is 7.78. The molecule has 1 heterocycles. The van der Waals surface area contributed by atoms with Gasteiger partial charge in [0.2, 0.25) is 0 Å². The number of likely N-dealkylation sites (N-methyl/N-ethyl adjacent to an activating group) is 1. The lowest BCUT2D eigenvalue weighted by Crippen LogP contribution is -2.15. The van der Waals surface area contributed by atoms with E-state index in [1.165, 1.54) is 4.20 Å². The standard InChI is InChI=1S/C6H12N4S/c1-9(2)4-3-6-5-7-10(11)8-6/h5,11H,3-4H2,1-2H3. The van der Waals surface area contributed by atoms with E-state index >= 15 is 0 Å². The van der Waals surface area contributed by atoms with Gasteiger partial charge in [-0.15, -0.1) is 9.30 Å². The molecular formula is C6H12N4S. The molecule has 11 heavy (non-hydrogen) atoms. The van der Waals surface area contributed by atoms with Gasteiger partial charge in [0, 0.05) is 13.0 Å². The Morgan fingerprint density at radius 2 is 2.36 bits per heavy atom. The highest BCUT2D eigenvalue weighted by Crippen LogP contribution is 1.94. The molecule has 0 N–H and O–H groups in total. The third-order valence-corrected chi connectivity index (χ3v) is 1.54. The molecule has 0 saturated carbocycles. The van der Waals surface area contributed by atoms with Gasteiger partial charge in [-0.1, -0.05) is 0 Å². The smallest absolute Gasteiger partial charge is 0.0850 e. The molecule has 0 aliphatic rings. The van der Waals surface area contributed by atoms with E-state index in [2.05, 4.69) is 27.9 Å². The molecule has 0 unspecified atom stereocenters. The molecule has 1 aromatic heterocycles. The summed E-state index contributed by atoms with van der Waals surface area (Å²) < 4.78 is 1.28. The lowest BCUT2D eigenvalue weighted by molar-refractivity contribution is 0.411. The van der Waals surface area contributed by atoms with Gasteiger partial charge in [0.25, 0.3) is 0 Å². The Morgan fingerprint density at radius 1 is 1.64 bits per heavy atom. The molecule has 0 fully saturated rings. The Morgan fingerprint density at radius 3 is 2.82 bits per heavy atom. The van der Waals surface area contributed by atoms with Gasteiger partial charge in [0.05, 0.1) is 11.9 Å². The third kappa shape index (κ3) is 2.90. The van der Waals surface area contributed by atoms with Gasteiger partial charge in [-0.3, -0.25) is 0 Å². The maximum Gasteiger partial charge on any atom is 0.0850 e. The zero-order valence-electron chi connectivity index (χ0n) is 6.73.